The third-order valence-electron chi connectivity index (χ3n) is 4.81. The van der Waals surface area contributed by atoms with Gasteiger partial charge in [0.2, 0.25) is 11.8 Å². The molecule has 1 saturated carbocycles. The SMILES string of the molecule is Cc1ccccc1NC(=O)C1(C(=O)Nc2ccc3c(c2)OCCO3)CC1. The van der Waals surface area contributed by atoms with Crippen molar-refractivity contribution in [2.75, 3.05) is 23.8 Å². The van der Waals surface area contributed by atoms with Gasteiger partial charge in [0.15, 0.2) is 11.5 Å². The molecule has 26 heavy (non-hydrogen) atoms. The molecule has 1 aliphatic carbocycles. The first kappa shape index (κ1) is 16.4. The molecule has 1 heterocycles. The van der Waals surface area contributed by atoms with Gasteiger partial charge in [-0.25, -0.2) is 0 Å². The van der Waals surface area contributed by atoms with Crippen LogP contribution in [0.2, 0.25) is 0 Å². The molecule has 2 aliphatic rings. The maximum atomic E-state index is 12.7. The zero-order chi connectivity index (χ0) is 18.1. The lowest BCUT2D eigenvalue weighted by atomic mass is 10.0. The fraction of sp³-hybridized carbons (Fsp3) is 0.300. The minimum Gasteiger partial charge on any atom is -0.486 e. The summed E-state index contributed by atoms with van der Waals surface area (Å²) in [6.45, 7) is 2.92. The van der Waals surface area contributed by atoms with Crippen LogP contribution >= 0.6 is 0 Å². The Hall–Kier alpha value is -3.02. The van der Waals surface area contributed by atoms with Crippen LogP contribution in [0.1, 0.15) is 18.4 Å². The van der Waals surface area contributed by atoms with Crippen molar-refractivity contribution in [3.05, 3.63) is 48.0 Å². The molecule has 1 aliphatic heterocycles. The number of carbonyl (C=O) groups excluding carboxylic acids is 2. The van der Waals surface area contributed by atoms with E-state index in [0.717, 1.165) is 11.3 Å². The summed E-state index contributed by atoms with van der Waals surface area (Å²) in [4.78, 5) is 25.4. The van der Waals surface area contributed by atoms with Gasteiger partial charge in [-0.1, -0.05) is 18.2 Å². The quantitative estimate of drug-likeness (QED) is 0.829. The van der Waals surface area contributed by atoms with Gasteiger partial charge in [-0.05, 0) is 43.5 Å². The van der Waals surface area contributed by atoms with Crippen LogP contribution in [-0.2, 0) is 9.59 Å². The van der Waals surface area contributed by atoms with Crippen molar-refractivity contribution in [1.82, 2.24) is 0 Å². The fourth-order valence-electron chi connectivity index (χ4n) is 3.01. The molecule has 0 unspecified atom stereocenters. The van der Waals surface area contributed by atoms with Gasteiger partial charge in [0.25, 0.3) is 0 Å². The zero-order valence-electron chi connectivity index (χ0n) is 14.5. The summed E-state index contributed by atoms with van der Waals surface area (Å²) in [6.07, 6.45) is 1.09. The van der Waals surface area contributed by atoms with E-state index in [-0.39, 0.29) is 11.8 Å². The number of hydrogen-bond donors (Lipinski definition) is 2. The van der Waals surface area contributed by atoms with Crippen LogP contribution in [0.15, 0.2) is 42.5 Å². The molecule has 6 nitrogen and oxygen atoms in total. The van der Waals surface area contributed by atoms with E-state index in [2.05, 4.69) is 10.6 Å². The van der Waals surface area contributed by atoms with E-state index >= 15 is 0 Å². The summed E-state index contributed by atoms with van der Waals surface area (Å²) in [7, 11) is 0. The lowest BCUT2D eigenvalue weighted by molar-refractivity contribution is -0.131. The molecule has 2 aromatic rings. The van der Waals surface area contributed by atoms with Crippen LogP contribution in [-0.4, -0.2) is 25.0 Å². The van der Waals surface area contributed by atoms with Gasteiger partial charge in [-0.3, -0.25) is 9.59 Å². The third-order valence-corrected chi connectivity index (χ3v) is 4.81. The summed E-state index contributed by atoms with van der Waals surface area (Å²) in [5, 5.41) is 5.73. The summed E-state index contributed by atoms with van der Waals surface area (Å²) >= 11 is 0. The second-order valence-corrected chi connectivity index (χ2v) is 6.66. The van der Waals surface area contributed by atoms with Gasteiger partial charge in [0.1, 0.15) is 18.6 Å². The molecular weight excluding hydrogens is 332 g/mol. The largest absolute Gasteiger partial charge is 0.486 e. The van der Waals surface area contributed by atoms with Crippen LogP contribution in [0, 0.1) is 12.3 Å². The Morgan fingerprint density at radius 3 is 2.35 bits per heavy atom. The number of nitrogens with one attached hydrogen (secondary N) is 2. The maximum Gasteiger partial charge on any atom is 0.240 e. The Labute approximate surface area is 151 Å². The molecule has 1 fully saturated rings. The van der Waals surface area contributed by atoms with Gasteiger partial charge in [0, 0.05) is 17.4 Å². The average molecular weight is 352 g/mol. The van der Waals surface area contributed by atoms with Crippen molar-refractivity contribution in [2.45, 2.75) is 19.8 Å². The minimum absolute atomic E-state index is 0.262. The van der Waals surface area contributed by atoms with Crippen molar-refractivity contribution in [1.29, 1.82) is 0 Å². The highest BCUT2D eigenvalue weighted by atomic mass is 16.6. The van der Waals surface area contributed by atoms with E-state index in [1.165, 1.54) is 0 Å². The third kappa shape index (κ3) is 2.98. The molecule has 0 atom stereocenters. The Bertz CT molecular complexity index is 874. The summed E-state index contributed by atoms with van der Waals surface area (Å²) < 4.78 is 11.0. The van der Waals surface area contributed by atoms with Gasteiger partial charge in [-0.2, -0.15) is 0 Å². The van der Waals surface area contributed by atoms with Crippen molar-refractivity contribution >= 4 is 23.2 Å². The number of para-hydroxylation sites is 1. The highest BCUT2D eigenvalue weighted by molar-refractivity contribution is 6.17. The highest BCUT2D eigenvalue weighted by Crippen LogP contribution is 2.48. The average Bonchev–Trinajstić information content (AvgIpc) is 3.46. The van der Waals surface area contributed by atoms with Crippen LogP contribution < -0.4 is 20.1 Å². The van der Waals surface area contributed by atoms with Crippen LogP contribution in [0.5, 0.6) is 11.5 Å². The van der Waals surface area contributed by atoms with E-state index in [1.54, 1.807) is 18.2 Å². The fourth-order valence-corrected chi connectivity index (χ4v) is 3.01. The van der Waals surface area contributed by atoms with E-state index in [9.17, 15) is 9.59 Å². The number of carbonyl (C=O) groups is 2. The maximum absolute atomic E-state index is 12.7. The van der Waals surface area contributed by atoms with Gasteiger partial charge in [0.05, 0.1) is 0 Å². The van der Waals surface area contributed by atoms with Crippen LogP contribution in [0.4, 0.5) is 11.4 Å². The standard InChI is InChI=1S/C20H20N2O4/c1-13-4-2-3-5-15(13)22-19(24)20(8-9-20)18(23)21-14-6-7-16-17(12-14)26-11-10-25-16/h2-7,12H,8-11H2,1H3,(H,21,23)(H,22,24). The lowest BCUT2D eigenvalue weighted by Gasteiger charge is -2.20. The number of anilines is 2. The molecule has 0 bridgehead atoms. The summed E-state index contributed by atoms with van der Waals surface area (Å²) in [5.41, 5.74) is 1.28. The normalized spacial score (nSPS) is 16.5. The number of hydrogen-bond acceptors (Lipinski definition) is 4. The molecule has 0 saturated heterocycles. The van der Waals surface area contributed by atoms with E-state index in [0.29, 0.717) is 43.2 Å². The van der Waals surface area contributed by atoms with Gasteiger partial charge < -0.3 is 20.1 Å². The monoisotopic (exact) mass is 352 g/mol. The molecule has 2 aromatic carbocycles. The van der Waals surface area contributed by atoms with E-state index in [1.807, 2.05) is 31.2 Å². The van der Waals surface area contributed by atoms with Gasteiger partial charge in [-0.15, -0.1) is 0 Å². The van der Waals surface area contributed by atoms with Crippen LogP contribution in [0.3, 0.4) is 0 Å². The van der Waals surface area contributed by atoms with Crippen molar-refractivity contribution in [3.63, 3.8) is 0 Å². The molecule has 0 spiro atoms. The van der Waals surface area contributed by atoms with E-state index < -0.39 is 5.41 Å². The molecule has 2 N–H and O–H groups in total. The number of amides is 2. The summed E-state index contributed by atoms with van der Waals surface area (Å²) in [6, 6.07) is 12.8. The second kappa shape index (κ2) is 6.37. The molecule has 4 rings (SSSR count). The topological polar surface area (TPSA) is 76.7 Å². The second-order valence-electron chi connectivity index (χ2n) is 6.66. The lowest BCUT2D eigenvalue weighted by Crippen LogP contribution is -2.35. The van der Waals surface area contributed by atoms with Gasteiger partial charge >= 0.3 is 0 Å². The first-order chi connectivity index (χ1) is 12.6. The number of ether oxygens (including phenoxy) is 2. The predicted octanol–water partition coefficient (Wildman–Crippen LogP) is 3.12. The Morgan fingerprint density at radius 1 is 0.923 bits per heavy atom. The predicted molar refractivity (Wildman–Crippen MR) is 97.5 cm³/mol. The molecule has 0 radical (unpaired) electrons. The first-order valence-electron chi connectivity index (χ1n) is 8.67. The van der Waals surface area contributed by atoms with Crippen molar-refractivity contribution in [2.24, 2.45) is 5.41 Å². The summed E-state index contributed by atoms with van der Waals surface area (Å²) in [5.74, 6) is 0.707. The zero-order valence-corrected chi connectivity index (χ0v) is 14.5. The number of aryl methyl sites for hydroxylation is 1. The Kier molecular flexibility index (Phi) is 4.03. The number of benzene rings is 2. The molecular formula is C20H20N2O4. The molecule has 6 heteroatoms. The number of fused-ring (bicyclic) bond motifs is 1. The van der Waals surface area contributed by atoms with Crippen molar-refractivity contribution in [3.8, 4) is 11.5 Å². The number of rotatable bonds is 4. The van der Waals surface area contributed by atoms with E-state index in [4.69, 9.17) is 9.47 Å². The minimum atomic E-state index is -1.00. The van der Waals surface area contributed by atoms with Crippen molar-refractivity contribution < 1.29 is 19.1 Å². The smallest absolute Gasteiger partial charge is 0.240 e. The molecule has 2 amide bonds. The molecule has 134 valence electrons. The highest BCUT2D eigenvalue weighted by Gasteiger charge is 2.56. The Morgan fingerprint density at radius 2 is 1.62 bits per heavy atom. The van der Waals surface area contributed by atoms with Crippen LogP contribution in [0.25, 0.3) is 0 Å². The molecule has 0 aromatic heterocycles. The first-order valence-corrected chi connectivity index (χ1v) is 8.67. The Balaban J connectivity index is 1.47.